The van der Waals surface area contributed by atoms with Crippen LogP contribution in [-0.2, 0) is 4.79 Å². The van der Waals surface area contributed by atoms with Gasteiger partial charge in [0.25, 0.3) is 0 Å². The summed E-state index contributed by atoms with van der Waals surface area (Å²) in [7, 11) is 0. The zero-order valence-corrected chi connectivity index (χ0v) is 19.7. The van der Waals surface area contributed by atoms with Gasteiger partial charge in [-0.1, -0.05) is 45.8 Å². The lowest BCUT2D eigenvalue weighted by atomic mass is 9.47. The van der Waals surface area contributed by atoms with E-state index in [1.165, 1.54) is 18.4 Å². The Labute approximate surface area is 183 Å². The Morgan fingerprint density at radius 3 is 2.60 bits per heavy atom. The van der Waals surface area contributed by atoms with Gasteiger partial charge in [0.15, 0.2) is 0 Å². The van der Waals surface area contributed by atoms with Crippen LogP contribution in [0.25, 0.3) is 0 Å². The summed E-state index contributed by atoms with van der Waals surface area (Å²) in [6.45, 7) is 9.60. The number of carbonyl (C=O) groups is 1. The second-order valence-electron chi connectivity index (χ2n) is 12.0. The molecule has 0 amide bonds. The summed E-state index contributed by atoms with van der Waals surface area (Å²) < 4.78 is 0. The highest BCUT2D eigenvalue weighted by Gasteiger charge is 2.61. The molecule has 3 fully saturated rings. The van der Waals surface area contributed by atoms with E-state index in [9.17, 15) is 15.0 Å². The third-order valence-corrected chi connectivity index (χ3v) is 10.2. The Balaban J connectivity index is 1.51. The van der Waals surface area contributed by atoms with E-state index in [-0.39, 0.29) is 29.5 Å². The molecule has 0 bridgehead atoms. The molecule has 170 valence electrons. The van der Waals surface area contributed by atoms with Crippen molar-refractivity contribution in [2.75, 3.05) is 6.61 Å². The molecular weight excluding hydrogens is 372 g/mol. The molecule has 3 nitrogen and oxygen atoms in total. The minimum absolute atomic E-state index is 0.151. The lowest BCUT2D eigenvalue weighted by Crippen LogP contribution is -2.51. The Hall–Kier alpha value is -0.670. The summed E-state index contributed by atoms with van der Waals surface area (Å²) in [6.07, 6.45) is 12.9. The first kappa shape index (κ1) is 22.5. The van der Waals surface area contributed by atoms with Gasteiger partial charge in [0.1, 0.15) is 5.78 Å². The van der Waals surface area contributed by atoms with Gasteiger partial charge in [-0.15, -0.1) is 0 Å². The van der Waals surface area contributed by atoms with Crippen LogP contribution in [0, 0.1) is 46.3 Å². The predicted molar refractivity (Wildman–Crippen MR) is 121 cm³/mol. The number of hydrogen-bond acceptors (Lipinski definition) is 3. The molecule has 2 N–H and O–H groups in total. The number of rotatable bonds is 6. The number of allylic oxidation sites excluding steroid dienone is 1. The Morgan fingerprint density at radius 1 is 1.10 bits per heavy atom. The maximum Gasteiger partial charge on any atom is 0.137 e. The van der Waals surface area contributed by atoms with Gasteiger partial charge in [0.05, 0.1) is 6.10 Å². The Morgan fingerprint density at radius 2 is 1.87 bits per heavy atom. The van der Waals surface area contributed by atoms with Crippen molar-refractivity contribution in [3.8, 4) is 0 Å². The van der Waals surface area contributed by atoms with Crippen LogP contribution >= 0.6 is 0 Å². The number of fused-ring (bicyclic) bond motifs is 5. The van der Waals surface area contributed by atoms with E-state index < -0.39 is 0 Å². The Bertz CT molecular complexity index is 684. The molecule has 3 heteroatoms. The minimum Gasteiger partial charge on any atom is -0.396 e. The molecule has 0 heterocycles. The number of hydrogen-bond donors (Lipinski definition) is 2. The smallest absolute Gasteiger partial charge is 0.137 e. The molecular formula is C27H44O3. The average Bonchev–Trinajstić information content (AvgIpc) is 2.98. The summed E-state index contributed by atoms with van der Waals surface area (Å²) in [5, 5.41) is 19.5. The van der Waals surface area contributed by atoms with Crippen molar-refractivity contribution in [3.05, 3.63) is 11.6 Å². The van der Waals surface area contributed by atoms with E-state index in [4.69, 9.17) is 0 Å². The lowest BCUT2D eigenvalue weighted by Gasteiger charge is -2.58. The third kappa shape index (κ3) is 3.62. The van der Waals surface area contributed by atoms with Crippen molar-refractivity contribution in [2.24, 2.45) is 46.3 Å². The fraction of sp³-hybridized carbons (Fsp3) is 0.889. The summed E-state index contributed by atoms with van der Waals surface area (Å²) in [4.78, 5) is 13.3. The first-order valence-corrected chi connectivity index (χ1v) is 12.7. The second-order valence-corrected chi connectivity index (χ2v) is 12.0. The van der Waals surface area contributed by atoms with Crippen molar-refractivity contribution in [2.45, 2.75) is 98.0 Å². The van der Waals surface area contributed by atoms with Gasteiger partial charge in [-0.25, -0.2) is 0 Å². The SMILES string of the molecule is C[C@@H](CO)CCC[C@@H](C)[C@H]1C(=O)C[C@H]2[C@@H]3CC=C4CC(O)CC[C@]4(C)[C@H]3CC[C@]12C. The molecule has 0 aromatic rings. The van der Waals surface area contributed by atoms with Crippen molar-refractivity contribution >= 4 is 5.78 Å². The molecule has 4 rings (SSSR count). The monoisotopic (exact) mass is 416 g/mol. The number of aliphatic hydroxyl groups excluding tert-OH is 2. The van der Waals surface area contributed by atoms with Crippen molar-refractivity contribution in [1.82, 2.24) is 0 Å². The van der Waals surface area contributed by atoms with Crippen molar-refractivity contribution in [3.63, 3.8) is 0 Å². The van der Waals surface area contributed by atoms with E-state index in [2.05, 4.69) is 33.8 Å². The van der Waals surface area contributed by atoms with Gasteiger partial charge in [0, 0.05) is 18.9 Å². The molecule has 3 saturated carbocycles. The first-order chi connectivity index (χ1) is 14.2. The van der Waals surface area contributed by atoms with E-state index in [0.29, 0.717) is 35.4 Å². The molecule has 0 radical (unpaired) electrons. The van der Waals surface area contributed by atoms with Crippen LogP contribution in [-0.4, -0.2) is 28.7 Å². The number of carbonyl (C=O) groups excluding carboxylic acids is 1. The van der Waals surface area contributed by atoms with Crippen LogP contribution in [0.3, 0.4) is 0 Å². The van der Waals surface area contributed by atoms with Gasteiger partial charge >= 0.3 is 0 Å². The number of Topliss-reactive ketones (excluding diaryl/α,β-unsaturated/α-hetero) is 1. The zero-order valence-electron chi connectivity index (χ0n) is 19.7. The fourth-order valence-corrected chi connectivity index (χ4v) is 8.49. The predicted octanol–water partition coefficient (Wildman–Crippen LogP) is 5.54. The van der Waals surface area contributed by atoms with Crippen LogP contribution in [0.1, 0.15) is 91.9 Å². The molecule has 4 aliphatic rings. The maximum atomic E-state index is 13.3. The highest BCUT2D eigenvalue weighted by Crippen LogP contribution is 2.66. The van der Waals surface area contributed by atoms with Crippen LogP contribution in [0.5, 0.6) is 0 Å². The maximum absolute atomic E-state index is 13.3. The van der Waals surface area contributed by atoms with Crippen LogP contribution in [0.4, 0.5) is 0 Å². The molecule has 0 aromatic carbocycles. The molecule has 1 unspecified atom stereocenters. The molecule has 0 aliphatic heterocycles. The van der Waals surface area contributed by atoms with Crippen molar-refractivity contribution in [1.29, 1.82) is 0 Å². The fourth-order valence-electron chi connectivity index (χ4n) is 8.49. The first-order valence-electron chi connectivity index (χ1n) is 12.7. The van der Waals surface area contributed by atoms with Gasteiger partial charge in [-0.05, 0) is 91.8 Å². The van der Waals surface area contributed by atoms with E-state index in [1.54, 1.807) is 0 Å². The molecule has 0 spiro atoms. The highest BCUT2D eigenvalue weighted by molar-refractivity contribution is 5.85. The summed E-state index contributed by atoms with van der Waals surface area (Å²) in [5.41, 5.74) is 1.92. The number of ketones is 1. The van der Waals surface area contributed by atoms with Crippen LogP contribution in [0.15, 0.2) is 11.6 Å². The second kappa shape index (κ2) is 8.35. The quantitative estimate of drug-likeness (QED) is 0.559. The lowest BCUT2D eigenvalue weighted by molar-refractivity contribution is -0.124. The van der Waals surface area contributed by atoms with Crippen LogP contribution < -0.4 is 0 Å². The topological polar surface area (TPSA) is 57.5 Å². The van der Waals surface area contributed by atoms with Gasteiger partial charge in [0.2, 0.25) is 0 Å². The van der Waals surface area contributed by atoms with E-state index >= 15 is 0 Å². The molecule has 9 atom stereocenters. The normalized spacial score (nSPS) is 45.2. The van der Waals surface area contributed by atoms with Gasteiger partial charge in [-0.3, -0.25) is 4.79 Å². The van der Waals surface area contributed by atoms with Crippen molar-refractivity contribution < 1.29 is 15.0 Å². The number of aliphatic hydroxyl groups is 2. The largest absolute Gasteiger partial charge is 0.396 e. The average molecular weight is 417 g/mol. The summed E-state index contributed by atoms with van der Waals surface area (Å²) >= 11 is 0. The van der Waals surface area contributed by atoms with Crippen LogP contribution in [0.2, 0.25) is 0 Å². The Kier molecular flexibility index (Phi) is 6.27. The molecule has 30 heavy (non-hydrogen) atoms. The zero-order chi connectivity index (χ0) is 21.7. The van der Waals surface area contributed by atoms with E-state index in [1.807, 2.05) is 0 Å². The van der Waals surface area contributed by atoms with E-state index in [0.717, 1.165) is 51.4 Å². The highest BCUT2D eigenvalue weighted by atomic mass is 16.3. The van der Waals surface area contributed by atoms with Gasteiger partial charge < -0.3 is 10.2 Å². The molecule has 4 aliphatic carbocycles. The van der Waals surface area contributed by atoms with Gasteiger partial charge in [-0.2, -0.15) is 0 Å². The molecule has 0 aromatic heterocycles. The summed E-state index contributed by atoms with van der Waals surface area (Å²) in [6, 6.07) is 0. The molecule has 0 saturated heterocycles. The summed E-state index contributed by atoms with van der Waals surface area (Å²) in [5.74, 6) is 3.44. The standard InChI is InChI=1S/C27H44O3/c1-17(16-28)6-5-7-18(2)25-24(30)15-23-21-9-8-19-14-20(29)10-12-26(19,3)22(21)11-13-27(23,25)4/h8,17-18,20-23,25,28-29H,5-7,9-16H2,1-4H3/t17-,18-,20?,21-,22+,23+,25+,26+,27+/m1/s1. The minimum atomic E-state index is -0.151. The third-order valence-electron chi connectivity index (χ3n) is 10.2.